The topological polar surface area (TPSA) is 21.3 Å². The maximum absolute atomic E-state index is 5.79. The second-order valence-corrected chi connectivity index (χ2v) is 6.51. The fourth-order valence-corrected chi connectivity index (χ4v) is 3.91. The molecule has 2 fully saturated rings. The van der Waals surface area contributed by atoms with Crippen molar-refractivity contribution in [1.82, 2.24) is 5.32 Å². The van der Waals surface area contributed by atoms with Crippen molar-refractivity contribution >= 4 is 11.8 Å². The number of hydrogen-bond donors (Lipinski definition) is 1. The van der Waals surface area contributed by atoms with Gasteiger partial charge < -0.3 is 4.74 Å². The van der Waals surface area contributed by atoms with E-state index in [1.54, 1.807) is 0 Å². The normalized spacial score (nSPS) is 41.5. The SMILES string of the molecule is CC1(C)CSC2(CCOC2(C)C)N1. The molecule has 1 atom stereocenters. The van der Waals surface area contributed by atoms with Crippen LogP contribution in [0.3, 0.4) is 0 Å². The average Bonchev–Trinajstić information content (AvgIpc) is 2.39. The summed E-state index contributed by atoms with van der Waals surface area (Å²) in [4.78, 5) is 0.163. The van der Waals surface area contributed by atoms with Crippen LogP contribution in [0.4, 0.5) is 0 Å². The maximum atomic E-state index is 5.79. The summed E-state index contributed by atoms with van der Waals surface area (Å²) in [6, 6.07) is 0. The Morgan fingerprint density at radius 3 is 2.31 bits per heavy atom. The molecule has 76 valence electrons. The first-order chi connectivity index (χ1) is 5.87. The third-order valence-corrected chi connectivity index (χ3v) is 5.27. The molecule has 1 spiro atoms. The molecule has 0 radical (unpaired) electrons. The van der Waals surface area contributed by atoms with Crippen LogP contribution in [0.2, 0.25) is 0 Å². The van der Waals surface area contributed by atoms with Gasteiger partial charge in [-0.25, -0.2) is 0 Å². The first kappa shape index (κ1) is 9.81. The molecule has 0 saturated carbocycles. The highest BCUT2D eigenvalue weighted by Gasteiger charge is 2.56. The molecule has 0 aromatic rings. The zero-order valence-corrected chi connectivity index (χ0v) is 9.75. The largest absolute Gasteiger partial charge is 0.373 e. The Balaban J connectivity index is 2.23. The lowest BCUT2D eigenvalue weighted by molar-refractivity contribution is 0.0114. The van der Waals surface area contributed by atoms with Gasteiger partial charge in [-0.2, -0.15) is 0 Å². The van der Waals surface area contributed by atoms with E-state index in [9.17, 15) is 0 Å². The van der Waals surface area contributed by atoms with Gasteiger partial charge in [-0.1, -0.05) is 0 Å². The molecule has 0 aliphatic carbocycles. The summed E-state index contributed by atoms with van der Waals surface area (Å²) in [5, 5.41) is 3.73. The molecule has 2 saturated heterocycles. The third kappa shape index (κ3) is 1.41. The summed E-state index contributed by atoms with van der Waals surface area (Å²) in [7, 11) is 0. The van der Waals surface area contributed by atoms with Crippen LogP contribution in [0.5, 0.6) is 0 Å². The predicted molar refractivity (Wildman–Crippen MR) is 57.1 cm³/mol. The molecular weight excluding hydrogens is 182 g/mol. The molecule has 2 heterocycles. The second-order valence-electron chi connectivity index (χ2n) is 5.23. The molecule has 2 rings (SSSR count). The van der Waals surface area contributed by atoms with Crippen LogP contribution in [0.25, 0.3) is 0 Å². The number of hydrogen-bond acceptors (Lipinski definition) is 3. The van der Waals surface area contributed by atoms with Crippen molar-refractivity contribution in [2.45, 2.75) is 50.1 Å². The molecular formula is C10H19NOS. The fraction of sp³-hybridized carbons (Fsp3) is 1.00. The van der Waals surface area contributed by atoms with Gasteiger partial charge in [-0.15, -0.1) is 11.8 Å². The maximum Gasteiger partial charge on any atom is 0.0960 e. The zero-order chi connectivity index (χ0) is 9.74. The number of rotatable bonds is 0. The molecule has 2 nitrogen and oxygen atoms in total. The summed E-state index contributed by atoms with van der Waals surface area (Å²) < 4.78 is 5.79. The van der Waals surface area contributed by atoms with Gasteiger partial charge in [-0.3, -0.25) is 5.32 Å². The zero-order valence-electron chi connectivity index (χ0n) is 8.94. The quantitative estimate of drug-likeness (QED) is 0.647. The Bertz CT molecular complexity index is 227. The first-order valence-electron chi connectivity index (χ1n) is 4.94. The molecule has 0 bridgehead atoms. The minimum atomic E-state index is -0.0224. The molecule has 2 aliphatic rings. The van der Waals surface area contributed by atoms with Gasteiger partial charge in [0.15, 0.2) is 0 Å². The van der Waals surface area contributed by atoms with E-state index < -0.39 is 0 Å². The standard InChI is InChI=1S/C10H19NOS/c1-8(2)7-13-10(11-8)5-6-12-9(10,3)4/h11H,5-7H2,1-4H3. The van der Waals surface area contributed by atoms with E-state index >= 15 is 0 Å². The monoisotopic (exact) mass is 201 g/mol. The van der Waals surface area contributed by atoms with Crippen LogP contribution in [-0.2, 0) is 4.74 Å². The van der Waals surface area contributed by atoms with E-state index in [1.807, 2.05) is 11.8 Å². The summed E-state index contributed by atoms with van der Waals surface area (Å²) in [5.41, 5.74) is 0.237. The molecule has 2 aliphatic heterocycles. The van der Waals surface area contributed by atoms with Gasteiger partial charge in [0.25, 0.3) is 0 Å². The number of nitrogens with one attached hydrogen (secondary N) is 1. The first-order valence-corrected chi connectivity index (χ1v) is 5.93. The summed E-state index contributed by atoms with van der Waals surface area (Å²) in [5.74, 6) is 1.18. The lowest BCUT2D eigenvalue weighted by atomic mass is 9.95. The Labute approximate surface area is 84.8 Å². The van der Waals surface area contributed by atoms with Gasteiger partial charge in [0.2, 0.25) is 0 Å². The van der Waals surface area contributed by atoms with Crippen molar-refractivity contribution in [2.75, 3.05) is 12.4 Å². The molecule has 1 N–H and O–H groups in total. The summed E-state index contributed by atoms with van der Waals surface area (Å²) in [6.07, 6.45) is 1.13. The number of ether oxygens (including phenoxy) is 1. The molecule has 1 unspecified atom stereocenters. The van der Waals surface area contributed by atoms with Crippen LogP contribution >= 0.6 is 11.8 Å². The van der Waals surface area contributed by atoms with Crippen molar-refractivity contribution < 1.29 is 4.74 Å². The number of thioether (sulfide) groups is 1. The highest BCUT2D eigenvalue weighted by Crippen LogP contribution is 2.49. The van der Waals surface area contributed by atoms with Crippen LogP contribution in [0.15, 0.2) is 0 Å². The van der Waals surface area contributed by atoms with E-state index in [1.165, 1.54) is 5.75 Å². The predicted octanol–water partition coefficient (Wildman–Crippen LogP) is 2.00. The van der Waals surface area contributed by atoms with Crippen LogP contribution in [0.1, 0.15) is 34.1 Å². The van der Waals surface area contributed by atoms with E-state index in [2.05, 4.69) is 33.0 Å². The van der Waals surface area contributed by atoms with E-state index in [0.29, 0.717) is 0 Å². The van der Waals surface area contributed by atoms with Gasteiger partial charge in [-0.05, 0) is 27.7 Å². The minimum Gasteiger partial charge on any atom is -0.373 e. The highest BCUT2D eigenvalue weighted by molar-refractivity contribution is 8.01. The van der Waals surface area contributed by atoms with Crippen molar-refractivity contribution in [3.05, 3.63) is 0 Å². The summed E-state index contributed by atoms with van der Waals surface area (Å²) >= 11 is 2.03. The van der Waals surface area contributed by atoms with Crippen LogP contribution < -0.4 is 5.32 Å². The van der Waals surface area contributed by atoms with Crippen molar-refractivity contribution in [2.24, 2.45) is 0 Å². The van der Waals surface area contributed by atoms with E-state index in [0.717, 1.165) is 13.0 Å². The van der Waals surface area contributed by atoms with E-state index in [-0.39, 0.29) is 16.0 Å². The third-order valence-electron chi connectivity index (χ3n) is 3.11. The summed E-state index contributed by atoms with van der Waals surface area (Å²) in [6.45, 7) is 9.82. The lowest BCUT2D eigenvalue weighted by Gasteiger charge is -2.37. The Kier molecular flexibility index (Phi) is 2.00. The molecule has 3 heteroatoms. The van der Waals surface area contributed by atoms with Crippen LogP contribution in [-0.4, -0.2) is 28.4 Å². The Morgan fingerprint density at radius 1 is 1.23 bits per heavy atom. The van der Waals surface area contributed by atoms with Crippen molar-refractivity contribution in [3.8, 4) is 0 Å². The molecule has 0 amide bonds. The van der Waals surface area contributed by atoms with Gasteiger partial charge in [0.05, 0.1) is 17.1 Å². The van der Waals surface area contributed by atoms with Crippen molar-refractivity contribution in [1.29, 1.82) is 0 Å². The Morgan fingerprint density at radius 2 is 1.92 bits per heavy atom. The average molecular weight is 201 g/mol. The van der Waals surface area contributed by atoms with Crippen LogP contribution in [0, 0.1) is 0 Å². The van der Waals surface area contributed by atoms with E-state index in [4.69, 9.17) is 4.74 Å². The lowest BCUT2D eigenvalue weighted by Crippen LogP contribution is -2.56. The second kappa shape index (κ2) is 2.65. The minimum absolute atomic E-state index is 0.0224. The van der Waals surface area contributed by atoms with Gasteiger partial charge in [0.1, 0.15) is 0 Å². The highest BCUT2D eigenvalue weighted by atomic mass is 32.2. The van der Waals surface area contributed by atoms with Gasteiger partial charge in [0, 0.05) is 17.7 Å². The molecule has 0 aromatic heterocycles. The molecule has 0 aromatic carbocycles. The Hall–Kier alpha value is 0.270. The fourth-order valence-electron chi connectivity index (χ4n) is 2.25. The molecule has 13 heavy (non-hydrogen) atoms. The van der Waals surface area contributed by atoms with Crippen molar-refractivity contribution in [3.63, 3.8) is 0 Å². The van der Waals surface area contributed by atoms with Gasteiger partial charge >= 0.3 is 0 Å². The smallest absolute Gasteiger partial charge is 0.0960 e.